The fourth-order valence-electron chi connectivity index (χ4n) is 2.74. The van der Waals surface area contributed by atoms with Gasteiger partial charge >= 0.3 is 0 Å². The molecule has 0 bridgehead atoms. The Kier molecular flexibility index (Phi) is 5.83. The molecule has 1 aromatic heterocycles. The second-order valence-corrected chi connectivity index (χ2v) is 5.57. The van der Waals surface area contributed by atoms with Gasteiger partial charge < -0.3 is 10.2 Å². The van der Waals surface area contributed by atoms with Gasteiger partial charge in [0, 0.05) is 19.1 Å². The molecule has 0 unspecified atom stereocenters. The summed E-state index contributed by atoms with van der Waals surface area (Å²) < 4.78 is 0. The quantitative estimate of drug-likeness (QED) is 0.871. The zero-order valence-corrected chi connectivity index (χ0v) is 13.2. The third kappa shape index (κ3) is 3.95. The predicted octanol–water partition coefficient (Wildman–Crippen LogP) is 3.51. The summed E-state index contributed by atoms with van der Waals surface area (Å²) >= 11 is 6.04. The van der Waals surface area contributed by atoms with Gasteiger partial charge in [-0.05, 0) is 37.8 Å². The maximum absolute atomic E-state index is 6.04. The molecule has 1 aliphatic rings. The molecule has 0 aromatic carbocycles. The van der Waals surface area contributed by atoms with Crippen molar-refractivity contribution in [3.8, 4) is 0 Å². The van der Waals surface area contributed by atoms with Crippen molar-refractivity contribution in [2.24, 2.45) is 0 Å². The van der Waals surface area contributed by atoms with Gasteiger partial charge in [0.1, 0.15) is 0 Å². The Morgan fingerprint density at radius 2 is 1.90 bits per heavy atom. The van der Waals surface area contributed by atoms with E-state index >= 15 is 0 Å². The first-order valence-electron chi connectivity index (χ1n) is 7.66. The Morgan fingerprint density at radius 3 is 2.55 bits per heavy atom. The van der Waals surface area contributed by atoms with Crippen molar-refractivity contribution in [2.45, 2.75) is 58.4 Å². The van der Waals surface area contributed by atoms with Gasteiger partial charge in [-0.1, -0.05) is 26.2 Å². The molecule has 5 nitrogen and oxygen atoms in total. The summed E-state index contributed by atoms with van der Waals surface area (Å²) in [6, 6.07) is 0.534. The van der Waals surface area contributed by atoms with Gasteiger partial charge in [-0.3, -0.25) is 0 Å². The first-order chi connectivity index (χ1) is 9.74. The van der Waals surface area contributed by atoms with Gasteiger partial charge in [-0.2, -0.15) is 15.0 Å². The van der Waals surface area contributed by atoms with Crippen molar-refractivity contribution < 1.29 is 0 Å². The third-order valence-corrected chi connectivity index (χ3v) is 3.91. The average Bonchev–Trinajstić information content (AvgIpc) is 2.46. The summed E-state index contributed by atoms with van der Waals surface area (Å²) in [5.41, 5.74) is 0. The lowest BCUT2D eigenvalue weighted by molar-refractivity contribution is 0.414. The van der Waals surface area contributed by atoms with Crippen LogP contribution in [0.3, 0.4) is 0 Å². The molecule has 2 rings (SSSR count). The van der Waals surface area contributed by atoms with E-state index in [2.05, 4.69) is 39.0 Å². The largest absolute Gasteiger partial charge is 0.354 e. The van der Waals surface area contributed by atoms with Crippen molar-refractivity contribution >= 4 is 23.5 Å². The molecule has 0 radical (unpaired) electrons. The number of hydrogen-bond donors (Lipinski definition) is 1. The second kappa shape index (κ2) is 7.62. The Bertz CT molecular complexity index is 420. The van der Waals surface area contributed by atoms with Crippen LogP contribution in [0.15, 0.2) is 0 Å². The van der Waals surface area contributed by atoms with Gasteiger partial charge in [-0.15, -0.1) is 0 Å². The van der Waals surface area contributed by atoms with Gasteiger partial charge in [-0.25, -0.2) is 0 Å². The lowest BCUT2D eigenvalue weighted by atomic mass is 9.94. The fourth-order valence-corrected chi connectivity index (χ4v) is 2.90. The van der Waals surface area contributed by atoms with Crippen LogP contribution in [0.2, 0.25) is 5.28 Å². The second-order valence-electron chi connectivity index (χ2n) is 5.23. The summed E-state index contributed by atoms with van der Waals surface area (Å²) in [5.74, 6) is 1.29. The van der Waals surface area contributed by atoms with Crippen LogP contribution >= 0.6 is 11.6 Å². The minimum absolute atomic E-state index is 0.267. The monoisotopic (exact) mass is 297 g/mol. The highest BCUT2D eigenvalue weighted by molar-refractivity contribution is 6.28. The molecule has 0 amide bonds. The van der Waals surface area contributed by atoms with Crippen molar-refractivity contribution in [1.82, 2.24) is 15.0 Å². The maximum Gasteiger partial charge on any atom is 0.231 e. The van der Waals surface area contributed by atoms with E-state index in [0.29, 0.717) is 17.9 Å². The van der Waals surface area contributed by atoms with E-state index in [1.807, 2.05) is 0 Å². The Hall–Kier alpha value is -1.10. The van der Waals surface area contributed by atoms with Crippen LogP contribution in [-0.2, 0) is 0 Å². The highest BCUT2D eigenvalue weighted by Gasteiger charge is 2.23. The van der Waals surface area contributed by atoms with Gasteiger partial charge in [0.15, 0.2) is 0 Å². The van der Waals surface area contributed by atoms with E-state index in [-0.39, 0.29) is 5.28 Å². The number of anilines is 2. The zero-order valence-electron chi connectivity index (χ0n) is 12.4. The molecule has 1 saturated carbocycles. The van der Waals surface area contributed by atoms with Crippen molar-refractivity contribution in [3.05, 3.63) is 5.28 Å². The van der Waals surface area contributed by atoms with Crippen LogP contribution in [0, 0.1) is 0 Å². The Morgan fingerprint density at radius 1 is 1.15 bits per heavy atom. The number of hydrogen-bond acceptors (Lipinski definition) is 5. The highest BCUT2D eigenvalue weighted by Crippen LogP contribution is 2.26. The zero-order chi connectivity index (χ0) is 14.4. The average molecular weight is 298 g/mol. The molecule has 1 aromatic rings. The fraction of sp³-hybridized carbons (Fsp3) is 0.786. The van der Waals surface area contributed by atoms with Gasteiger partial charge in [0.05, 0.1) is 0 Å². The summed E-state index contributed by atoms with van der Waals surface area (Å²) in [5, 5.41) is 3.45. The lowest BCUT2D eigenvalue weighted by Gasteiger charge is -2.33. The van der Waals surface area contributed by atoms with E-state index in [0.717, 1.165) is 19.5 Å². The third-order valence-electron chi connectivity index (χ3n) is 3.74. The summed E-state index contributed by atoms with van der Waals surface area (Å²) in [4.78, 5) is 15.2. The van der Waals surface area contributed by atoms with Crippen LogP contribution in [-0.4, -0.2) is 34.1 Å². The van der Waals surface area contributed by atoms with Gasteiger partial charge in [0.25, 0.3) is 0 Å². The van der Waals surface area contributed by atoms with E-state index in [1.165, 1.54) is 32.1 Å². The molecule has 1 aliphatic carbocycles. The number of nitrogens with one attached hydrogen (secondary N) is 1. The predicted molar refractivity (Wildman–Crippen MR) is 83.5 cm³/mol. The van der Waals surface area contributed by atoms with Crippen molar-refractivity contribution in [1.29, 1.82) is 0 Å². The van der Waals surface area contributed by atoms with E-state index in [9.17, 15) is 0 Å². The molecule has 0 saturated heterocycles. The minimum Gasteiger partial charge on any atom is -0.354 e. The number of halogens is 1. The number of rotatable bonds is 6. The summed E-state index contributed by atoms with van der Waals surface area (Å²) in [6.45, 7) is 6.00. The molecule has 6 heteroatoms. The molecular weight excluding hydrogens is 274 g/mol. The molecule has 1 fully saturated rings. The van der Waals surface area contributed by atoms with E-state index < -0.39 is 0 Å². The first-order valence-corrected chi connectivity index (χ1v) is 8.04. The minimum atomic E-state index is 0.267. The number of aromatic nitrogens is 3. The van der Waals surface area contributed by atoms with Crippen LogP contribution in [0.25, 0.3) is 0 Å². The van der Waals surface area contributed by atoms with Crippen LogP contribution < -0.4 is 10.2 Å². The molecule has 0 aliphatic heterocycles. The summed E-state index contributed by atoms with van der Waals surface area (Å²) in [6.07, 6.45) is 7.39. The van der Waals surface area contributed by atoms with Crippen molar-refractivity contribution in [2.75, 3.05) is 23.3 Å². The molecule has 0 atom stereocenters. The van der Waals surface area contributed by atoms with Crippen LogP contribution in [0.4, 0.5) is 11.9 Å². The maximum atomic E-state index is 6.04. The Balaban J connectivity index is 2.17. The molecular formula is C14H24ClN5. The standard InChI is InChI=1S/C14H24ClN5/c1-3-10-16-13-17-12(15)18-14(19-13)20(4-2)11-8-6-5-7-9-11/h11H,3-10H2,1-2H3,(H,16,17,18,19). The van der Waals surface area contributed by atoms with Crippen LogP contribution in [0.5, 0.6) is 0 Å². The summed E-state index contributed by atoms with van der Waals surface area (Å²) in [7, 11) is 0. The topological polar surface area (TPSA) is 53.9 Å². The molecule has 20 heavy (non-hydrogen) atoms. The van der Waals surface area contributed by atoms with Crippen molar-refractivity contribution in [3.63, 3.8) is 0 Å². The smallest absolute Gasteiger partial charge is 0.231 e. The van der Waals surface area contributed by atoms with E-state index in [4.69, 9.17) is 11.6 Å². The van der Waals surface area contributed by atoms with E-state index in [1.54, 1.807) is 0 Å². The number of nitrogens with zero attached hydrogens (tertiary/aromatic N) is 4. The molecule has 1 heterocycles. The Labute approximate surface area is 126 Å². The normalized spacial score (nSPS) is 16.1. The lowest BCUT2D eigenvalue weighted by Crippen LogP contribution is -2.38. The first kappa shape index (κ1) is 15.3. The van der Waals surface area contributed by atoms with Gasteiger partial charge in [0.2, 0.25) is 17.2 Å². The van der Waals surface area contributed by atoms with Crippen LogP contribution in [0.1, 0.15) is 52.4 Å². The highest BCUT2D eigenvalue weighted by atomic mass is 35.5. The SMILES string of the molecule is CCCNc1nc(Cl)nc(N(CC)C2CCCCC2)n1. The molecule has 1 N–H and O–H groups in total. The molecule has 112 valence electrons. The molecule has 0 spiro atoms.